The van der Waals surface area contributed by atoms with Gasteiger partial charge >= 0.3 is 0 Å². The quantitative estimate of drug-likeness (QED) is 0.709. The minimum atomic E-state index is -3.69. The number of methoxy groups -OCH3 is 1. The summed E-state index contributed by atoms with van der Waals surface area (Å²) >= 11 is 0. The van der Waals surface area contributed by atoms with E-state index in [4.69, 9.17) is 4.74 Å². The lowest BCUT2D eigenvalue weighted by Gasteiger charge is -2.37. The van der Waals surface area contributed by atoms with Crippen molar-refractivity contribution in [1.29, 1.82) is 0 Å². The highest BCUT2D eigenvalue weighted by Crippen LogP contribution is 2.29. The van der Waals surface area contributed by atoms with Crippen LogP contribution in [0.2, 0.25) is 0 Å². The summed E-state index contributed by atoms with van der Waals surface area (Å²) in [5.74, 6) is -0.230. The van der Waals surface area contributed by atoms with E-state index in [0.29, 0.717) is 18.7 Å². The minimum absolute atomic E-state index is 0. The Bertz CT molecular complexity index is 698. The maximum Gasteiger partial charge on any atom is 0.253 e. The van der Waals surface area contributed by atoms with Gasteiger partial charge in [0, 0.05) is 38.7 Å². The maximum atomic E-state index is 12.7. The molecular weight excluding hydrogens is 378 g/mol. The molecule has 2 rings (SSSR count). The van der Waals surface area contributed by atoms with Crippen molar-refractivity contribution in [2.24, 2.45) is 5.41 Å². The van der Waals surface area contributed by atoms with E-state index in [0.717, 1.165) is 25.9 Å². The molecular formula is C17H28ClN3O4S. The molecule has 0 saturated carbocycles. The van der Waals surface area contributed by atoms with Crippen LogP contribution >= 0.6 is 12.4 Å². The number of carbonyl (C=O) groups is 1. The summed E-state index contributed by atoms with van der Waals surface area (Å²) < 4.78 is 33.4. The minimum Gasteiger partial charge on any atom is -0.384 e. The topological polar surface area (TPSA) is 87.7 Å². The van der Waals surface area contributed by atoms with E-state index in [1.165, 1.54) is 17.0 Å². The molecule has 1 aliphatic rings. The largest absolute Gasteiger partial charge is 0.384 e. The third-order valence-corrected chi connectivity index (χ3v) is 5.95. The predicted octanol–water partition coefficient (Wildman–Crippen LogP) is 1.10. The molecule has 0 bridgehead atoms. The van der Waals surface area contributed by atoms with Crippen LogP contribution in [0.1, 0.15) is 23.2 Å². The van der Waals surface area contributed by atoms with Crippen LogP contribution in [0, 0.1) is 5.41 Å². The maximum absolute atomic E-state index is 12.7. The number of ether oxygens (including phenoxy) is 1. The van der Waals surface area contributed by atoms with Crippen LogP contribution in [-0.4, -0.2) is 66.7 Å². The lowest BCUT2D eigenvalue weighted by molar-refractivity contribution is 0.0577. The monoisotopic (exact) mass is 405 g/mol. The molecule has 1 saturated heterocycles. The first-order valence-electron chi connectivity index (χ1n) is 8.31. The summed E-state index contributed by atoms with van der Waals surface area (Å²) in [5, 5.41) is 3.28. The number of carbonyl (C=O) groups excluding carboxylic acids is 1. The summed E-state index contributed by atoms with van der Waals surface area (Å²) in [6.07, 6.45) is 1.70. The summed E-state index contributed by atoms with van der Waals surface area (Å²) in [7, 11) is 1.20. The molecule has 9 heteroatoms. The molecule has 1 heterocycles. The molecule has 1 amide bonds. The molecule has 0 aromatic heterocycles. The molecule has 1 aromatic carbocycles. The smallest absolute Gasteiger partial charge is 0.253 e. The fraction of sp³-hybridized carbons (Fsp3) is 0.588. The number of halogens is 1. The van der Waals surface area contributed by atoms with E-state index in [-0.39, 0.29) is 28.6 Å². The van der Waals surface area contributed by atoms with Gasteiger partial charge in [0.25, 0.3) is 5.91 Å². The van der Waals surface area contributed by atoms with E-state index < -0.39 is 10.0 Å². The zero-order valence-electron chi connectivity index (χ0n) is 15.4. The fourth-order valence-electron chi connectivity index (χ4n) is 3.02. The zero-order valence-corrected chi connectivity index (χ0v) is 17.1. The second kappa shape index (κ2) is 9.66. The molecule has 0 spiro atoms. The Balaban J connectivity index is 0.00000338. The van der Waals surface area contributed by atoms with Crippen molar-refractivity contribution in [1.82, 2.24) is 14.9 Å². The van der Waals surface area contributed by atoms with Crippen molar-refractivity contribution >= 4 is 28.3 Å². The Morgan fingerprint density at radius 3 is 2.54 bits per heavy atom. The molecule has 0 atom stereocenters. The van der Waals surface area contributed by atoms with Gasteiger partial charge in [0.05, 0.1) is 11.5 Å². The first kappa shape index (κ1) is 22.9. The van der Waals surface area contributed by atoms with Gasteiger partial charge in [-0.2, -0.15) is 0 Å². The van der Waals surface area contributed by atoms with Crippen LogP contribution < -0.4 is 10.0 Å². The third-order valence-electron chi connectivity index (χ3n) is 4.55. The fourth-order valence-corrected chi connectivity index (χ4v) is 4.22. The van der Waals surface area contributed by atoms with Gasteiger partial charge in [-0.25, -0.2) is 13.1 Å². The molecule has 26 heavy (non-hydrogen) atoms. The van der Waals surface area contributed by atoms with Crippen molar-refractivity contribution in [2.45, 2.75) is 17.7 Å². The Labute approximate surface area is 161 Å². The molecule has 1 aliphatic heterocycles. The van der Waals surface area contributed by atoms with Gasteiger partial charge in [0.1, 0.15) is 0 Å². The Hall–Kier alpha value is -1.19. The van der Waals surface area contributed by atoms with Crippen molar-refractivity contribution in [3.63, 3.8) is 0 Å². The zero-order chi connectivity index (χ0) is 18.5. The van der Waals surface area contributed by atoms with Crippen molar-refractivity contribution in [3.8, 4) is 0 Å². The van der Waals surface area contributed by atoms with E-state index >= 15 is 0 Å². The molecule has 1 aromatic rings. The number of nitrogens with zero attached hydrogens (tertiary/aromatic N) is 1. The number of rotatable bonds is 7. The summed E-state index contributed by atoms with van der Waals surface area (Å²) in [6.45, 7) is 2.52. The van der Waals surface area contributed by atoms with Crippen molar-refractivity contribution in [2.75, 3.05) is 47.4 Å². The highest BCUT2D eigenvalue weighted by Gasteiger charge is 2.33. The van der Waals surface area contributed by atoms with Gasteiger partial charge in [-0.15, -0.1) is 12.4 Å². The van der Waals surface area contributed by atoms with Crippen LogP contribution in [0.4, 0.5) is 0 Å². The van der Waals surface area contributed by atoms with Crippen molar-refractivity contribution in [3.05, 3.63) is 29.8 Å². The Kier molecular flexibility index (Phi) is 8.49. The molecule has 2 N–H and O–H groups in total. The first-order chi connectivity index (χ1) is 11.8. The van der Waals surface area contributed by atoms with Gasteiger partial charge in [-0.3, -0.25) is 4.79 Å². The van der Waals surface area contributed by atoms with Gasteiger partial charge in [0.2, 0.25) is 10.0 Å². The van der Waals surface area contributed by atoms with Crippen LogP contribution in [0.5, 0.6) is 0 Å². The third kappa shape index (κ3) is 5.65. The summed E-state index contributed by atoms with van der Waals surface area (Å²) in [4.78, 5) is 13.6. The van der Waals surface area contributed by atoms with Crippen LogP contribution in [0.3, 0.4) is 0 Å². The first-order valence-corrected chi connectivity index (χ1v) is 9.79. The normalized spacial score (nSPS) is 16.6. The SMILES string of the molecule is COCC1(CNS(=O)(=O)c2cccc(C(=O)N(C)C)c2)CCNCC1.Cl. The predicted molar refractivity (Wildman–Crippen MR) is 103 cm³/mol. The number of hydrogen-bond acceptors (Lipinski definition) is 5. The average molecular weight is 406 g/mol. The Morgan fingerprint density at radius 2 is 1.96 bits per heavy atom. The van der Waals surface area contributed by atoms with E-state index in [9.17, 15) is 13.2 Å². The molecule has 0 unspecified atom stereocenters. The van der Waals surface area contributed by atoms with Crippen LogP contribution in [0.25, 0.3) is 0 Å². The number of nitrogens with one attached hydrogen (secondary N) is 2. The average Bonchev–Trinajstić information content (AvgIpc) is 2.61. The van der Waals surface area contributed by atoms with Crippen LogP contribution in [-0.2, 0) is 14.8 Å². The number of hydrogen-bond donors (Lipinski definition) is 2. The number of piperidine rings is 1. The number of sulfonamides is 1. The van der Waals surface area contributed by atoms with E-state index in [2.05, 4.69) is 10.0 Å². The lowest BCUT2D eigenvalue weighted by atomic mass is 9.80. The number of amides is 1. The summed E-state index contributed by atoms with van der Waals surface area (Å²) in [6, 6.07) is 6.11. The van der Waals surface area contributed by atoms with Crippen molar-refractivity contribution < 1.29 is 17.9 Å². The highest BCUT2D eigenvalue weighted by atomic mass is 35.5. The van der Waals surface area contributed by atoms with Gasteiger partial charge in [-0.05, 0) is 44.1 Å². The number of benzene rings is 1. The second-order valence-electron chi connectivity index (χ2n) is 6.73. The van der Waals surface area contributed by atoms with E-state index in [1.807, 2.05) is 0 Å². The lowest BCUT2D eigenvalue weighted by Crippen LogP contribution is -2.47. The molecule has 7 nitrogen and oxygen atoms in total. The Morgan fingerprint density at radius 1 is 1.31 bits per heavy atom. The van der Waals surface area contributed by atoms with Gasteiger partial charge in [0.15, 0.2) is 0 Å². The van der Waals surface area contributed by atoms with Gasteiger partial charge in [-0.1, -0.05) is 6.07 Å². The molecule has 0 aliphatic carbocycles. The van der Waals surface area contributed by atoms with Gasteiger partial charge < -0.3 is 15.0 Å². The standard InChI is InChI=1S/C17H27N3O4S.ClH/c1-20(2)16(21)14-5-4-6-15(11-14)25(22,23)19-12-17(13-24-3)7-9-18-10-8-17;/h4-6,11,18-19H,7-10,12-13H2,1-3H3;1H. The molecule has 1 fully saturated rings. The highest BCUT2D eigenvalue weighted by molar-refractivity contribution is 7.89. The molecule has 148 valence electrons. The van der Waals surface area contributed by atoms with Crippen LogP contribution in [0.15, 0.2) is 29.2 Å². The summed E-state index contributed by atoms with van der Waals surface area (Å²) in [5.41, 5.74) is 0.144. The molecule has 0 radical (unpaired) electrons. The van der Waals surface area contributed by atoms with E-state index in [1.54, 1.807) is 33.3 Å². The second-order valence-corrected chi connectivity index (χ2v) is 8.50.